The lowest BCUT2D eigenvalue weighted by molar-refractivity contribution is -0.454. The molecule has 0 aliphatic rings. The summed E-state index contributed by atoms with van der Waals surface area (Å²) >= 11 is 0. The highest BCUT2D eigenvalue weighted by Gasteiger charge is 2.94. The zero-order chi connectivity index (χ0) is 40.1. The summed E-state index contributed by atoms with van der Waals surface area (Å²) in [4.78, 5) is 0. The van der Waals surface area contributed by atoms with Crippen molar-refractivity contribution in [3.05, 3.63) is 0 Å². The van der Waals surface area contributed by atoms with E-state index in [1.54, 1.807) is 0 Å². The molecule has 0 aliphatic heterocycles. The van der Waals surface area contributed by atoms with Gasteiger partial charge in [0.15, 0.2) is 0 Å². The van der Waals surface area contributed by atoms with E-state index in [0.717, 1.165) is 21.3 Å². The molecular formula is C25H39F16NO8Si. The molecule has 0 unspecified atom stereocenters. The van der Waals surface area contributed by atoms with E-state index in [2.05, 4.69) is 4.74 Å². The van der Waals surface area contributed by atoms with E-state index in [1.165, 1.54) is 12.4 Å². The molecule has 1 N–H and O–H groups in total. The monoisotopic (exact) mass is 813 g/mol. The van der Waals surface area contributed by atoms with Gasteiger partial charge in [-0.2, -0.15) is 70.2 Å². The van der Waals surface area contributed by atoms with Gasteiger partial charge in [0.2, 0.25) is 0 Å². The van der Waals surface area contributed by atoms with Gasteiger partial charge in [-0.15, -0.1) is 0 Å². The summed E-state index contributed by atoms with van der Waals surface area (Å²) in [7, 11) is 1.37. The van der Waals surface area contributed by atoms with E-state index in [0.29, 0.717) is 6.61 Å². The first-order valence-corrected chi connectivity index (χ1v) is 16.3. The zero-order valence-corrected chi connectivity index (χ0v) is 28.5. The summed E-state index contributed by atoms with van der Waals surface area (Å²) in [5, 5.41) is 1.42. The van der Waals surface area contributed by atoms with Crippen molar-refractivity contribution in [2.75, 3.05) is 101 Å². The summed E-state index contributed by atoms with van der Waals surface area (Å²) < 4.78 is 264. The van der Waals surface area contributed by atoms with Crippen LogP contribution in [0.4, 0.5) is 70.2 Å². The van der Waals surface area contributed by atoms with Crippen LogP contribution in [0, 0.1) is 0 Å². The van der Waals surface area contributed by atoms with E-state index < -0.39 is 89.1 Å². The molecule has 0 aromatic carbocycles. The quantitative estimate of drug-likeness (QED) is 0.0564. The third kappa shape index (κ3) is 11.4. The van der Waals surface area contributed by atoms with Crippen molar-refractivity contribution in [2.45, 2.75) is 59.8 Å². The predicted octanol–water partition coefficient (Wildman–Crippen LogP) is 5.64. The van der Waals surface area contributed by atoms with Crippen molar-refractivity contribution in [2.24, 2.45) is 0 Å². The van der Waals surface area contributed by atoms with Gasteiger partial charge in [0.05, 0.1) is 59.4 Å². The van der Waals surface area contributed by atoms with E-state index in [-0.39, 0.29) is 45.5 Å². The highest BCUT2D eigenvalue weighted by molar-refractivity contribution is 6.60. The molecule has 51 heavy (non-hydrogen) atoms. The first-order chi connectivity index (χ1) is 23.2. The highest BCUT2D eigenvalue weighted by atomic mass is 28.4. The molecule has 0 rings (SSSR count). The van der Waals surface area contributed by atoms with Gasteiger partial charge in [-0.05, 0) is 13.0 Å². The summed E-state index contributed by atoms with van der Waals surface area (Å²) in [5.41, 5.74) is 0. The Morgan fingerprint density at radius 2 is 0.765 bits per heavy atom. The van der Waals surface area contributed by atoms with E-state index in [1.807, 2.05) is 0 Å². The van der Waals surface area contributed by atoms with Crippen molar-refractivity contribution in [3.63, 3.8) is 0 Å². The predicted molar refractivity (Wildman–Crippen MR) is 144 cm³/mol. The third-order valence-electron chi connectivity index (χ3n) is 6.84. The molecule has 308 valence electrons. The maximum Gasteiger partial charge on any atom is 0.500 e. The Kier molecular flexibility index (Phi) is 19.4. The van der Waals surface area contributed by atoms with Crippen LogP contribution in [0.1, 0.15) is 6.42 Å². The number of hydrogen-bond donors (Lipinski definition) is 1. The number of nitrogens with one attached hydrogen (secondary N) is 1. The number of rotatable bonds is 30. The molecule has 9 nitrogen and oxygen atoms in total. The second kappa shape index (κ2) is 19.9. The molecule has 0 heterocycles. The lowest BCUT2D eigenvalue weighted by Crippen LogP contribution is -2.75. The number of ether oxygens (including phenoxy) is 5. The molecule has 0 radical (unpaired) electrons. The Morgan fingerprint density at radius 1 is 0.431 bits per heavy atom. The maximum absolute atomic E-state index is 14.2. The van der Waals surface area contributed by atoms with E-state index in [9.17, 15) is 70.2 Å². The van der Waals surface area contributed by atoms with Crippen molar-refractivity contribution in [3.8, 4) is 0 Å². The van der Waals surface area contributed by atoms with Crippen LogP contribution in [0.25, 0.3) is 0 Å². The first-order valence-electron chi connectivity index (χ1n) is 14.4. The van der Waals surface area contributed by atoms with Crippen LogP contribution in [0.2, 0.25) is 6.04 Å². The average Bonchev–Trinajstić information content (AvgIpc) is 3.04. The molecule has 0 aromatic rings. The number of halogens is 16. The maximum atomic E-state index is 14.2. The molecule has 26 heteroatoms. The Balaban J connectivity index is 5.53. The molecule has 0 aromatic heterocycles. The molecule has 0 atom stereocenters. The smallest absolute Gasteiger partial charge is 0.382 e. The lowest BCUT2D eigenvalue weighted by atomic mass is 9.87. The summed E-state index contributed by atoms with van der Waals surface area (Å²) in [6.07, 6.45) is -0.345. The minimum absolute atomic E-state index is 0.0641. The second-order valence-electron chi connectivity index (χ2n) is 10.3. The average molecular weight is 814 g/mol. The third-order valence-corrected chi connectivity index (χ3v) is 9.67. The van der Waals surface area contributed by atoms with Crippen molar-refractivity contribution >= 4 is 8.80 Å². The molecule has 0 amide bonds. The Hall–Kier alpha value is -1.26. The van der Waals surface area contributed by atoms with Gasteiger partial charge >= 0.3 is 56.2 Å². The minimum atomic E-state index is -8.52. The van der Waals surface area contributed by atoms with Crippen LogP contribution in [0.15, 0.2) is 0 Å². The minimum Gasteiger partial charge on any atom is -0.382 e. The van der Waals surface area contributed by atoms with Crippen molar-refractivity contribution in [1.82, 2.24) is 5.32 Å². The van der Waals surface area contributed by atoms with E-state index >= 15 is 0 Å². The first kappa shape index (κ1) is 49.7. The molecule has 0 saturated carbocycles. The molecule has 0 bridgehead atoms. The molecular weight excluding hydrogens is 774 g/mol. The van der Waals surface area contributed by atoms with Crippen molar-refractivity contribution < 1.29 is 107 Å². The Morgan fingerprint density at radius 3 is 1.14 bits per heavy atom. The van der Waals surface area contributed by atoms with Crippen LogP contribution in [0.5, 0.6) is 0 Å². The molecule has 0 fully saturated rings. The molecule has 0 saturated heterocycles. The number of methoxy groups -OCH3 is 1. The largest absolute Gasteiger partial charge is 0.500 e. The van der Waals surface area contributed by atoms with E-state index in [4.69, 9.17) is 32.2 Å². The van der Waals surface area contributed by atoms with Crippen LogP contribution in [0.3, 0.4) is 0 Å². The molecule has 0 spiro atoms. The van der Waals surface area contributed by atoms with Crippen LogP contribution < -0.4 is 5.32 Å². The summed E-state index contributed by atoms with van der Waals surface area (Å²) in [5.74, 6) is -62.0. The topological polar surface area (TPSA) is 85.9 Å². The normalized spacial score (nSPS) is 14.8. The van der Waals surface area contributed by atoms with Gasteiger partial charge in [-0.25, -0.2) is 0 Å². The number of alkyl halides is 16. The fourth-order valence-electron chi connectivity index (χ4n) is 3.68. The van der Waals surface area contributed by atoms with Crippen LogP contribution >= 0.6 is 0 Å². The fraction of sp³-hybridized carbons (Fsp3) is 1.00. The van der Waals surface area contributed by atoms with Crippen LogP contribution in [-0.4, -0.2) is 157 Å². The highest BCUT2D eigenvalue weighted by Crippen LogP contribution is 2.63. The number of hydrogen-bond acceptors (Lipinski definition) is 9. The van der Waals surface area contributed by atoms with Gasteiger partial charge in [0, 0.05) is 34.5 Å². The Bertz CT molecular complexity index is 989. The fourth-order valence-corrected chi connectivity index (χ4v) is 5.41. The van der Waals surface area contributed by atoms with Crippen molar-refractivity contribution in [1.29, 1.82) is 0 Å². The molecule has 0 aliphatic carbocycles. The zero-order valence-electron chi connectivity index (χ0n) is 27.5. The standard InChI is InChI=1S/C25H39F16NO8Si/c1-43-7-8-47-9-10-48-11-12-49-13-14-50-17-19(28,29)21(32,33)23(36,37)25(40,41)24(38,39)22(34,35)20(30,31)18(26,27)16-42-6-5-15-51(44-2,45-3)46-4/h42H,5-17H2,1-4H3. The van der Waals surface area contributed by atoms with Gasteiger partial charge < -0.3 is 42.3 Å². The van der Waals surface area contributed by atoms with Gasteiger partial charge in [-0.3, -0.25) is 0 Å². The van der Waals surface area contributed by atoms with Gasteiger partial charge in [-0.1, -0.05) is 0 Å². The van der Waals surface area contributed by atoms with Crippen LogP contribution in [-0.2, 0) is 37.0 Å². The van der Waals surface area contributed by atoms with Gasteiger partial charge in [0.1, 0.15) is 6.61 Å². The SMILES string of the molecule is COCCOCCOCCOCCOCC(F)(F)C(F)(F)C(F)(F)C(F)(F)C(F)(F)C(F)(F)C(F)(F)C(F)(F)CNCCC[Si](OC)(OC)OC. The van der Waals surface area contributed by atoms with Gasteiger partial charge in [0.25, 0.3) is 0 Å². The summed E-state index contributed by atoms with van der Waals surface area (Å²) in [6.45, 7) is -7.93. The summed E-state index contributed by atoms with van der Waals surface area (Å²) in [6, 6.07) is -0.221. The Labute approximate surface area is 282 Å². The second-order valence-corrected chi connectivity index (χ2v) is 13.4. The lowest BCUT2D eigenvalue weighted by Gasteiger charge is -2.43.